The molecule has 3 rings (SSSR count). The standard InChI is InChI=1S/C19H25N3O2.ClH/c1-12(20)14-6-8-22(9-7-14)19(23)17-10-15-4-5-16(24-3)11-18(15)21-13(17)2;/h4-5,10-12,14H,6-9,20H2,1-3H3;1H. The normalized spacial score (nSPS) is 16.4. The van der Waals surface area contributed by atoms with Gasteiger partial charge in [-0.2, -0.15) is 0 Å². The number of aryl methyl sites for hydroxylation is 1. The van der Waals surface area contributed by atoms with E-state index in [1.165, 1.54) is 0 Å². The summed E-state index contributed by atoms with van der Waals surface area (Å²) >= 11 is 0. The van der Waals surface area contributed by atoms with Crippen molar-refractivity contribution in [3.63, 3.8) is 0 Å². The summed E-state index contributed by atoms with van der Waals surface area (Å²) in [5, 5.41) is 0.954. The highest BCUT2D eigenvalue weighted by Crippen LogP contribution is 2.25. The zero-order valence-electron chi connectivity index (χ0n) is 15.0. The number of rotatable bonds is 3. The smallest absolute Gasteiger partial charge is 0.255 e. The van der Waals surface area contributed by atoms with Crippen LogP contribution < -0.4 is 10.5 Å². The van der Waals surface area contributed by atoms with Crippen LogP contribution in [0.2, 0.25) is 0 Å². The molecule has 1 amide bonds. The zero-order valence-corrected chi connectivity index (χ0v) is 15.8. The quantitative estimate of drug-likeness (QED) is 0.909. The maximum atomic E-state index is 12.9. The summed E-state index contributed by atoms with van der Waals surface area (Å²) < 4.78 is 5.24. The fourth-order valence-electron chi connectivity index (χ4n) is 3.39. The van der Waals surface area contributed by atoms with Gasteiger partial charge in [0.05, 0.1) is 23.9 Å². The maximum Gasteiger partial charge on any atom is 0.255 e. The van der Waals surface area contributed by atoms with Gasteiger partial charge in [0.25, 0.3) is 5.91 Å². The number of pyridine rings is 1. The molecular weight excluding hydrogens is 338 g/mol. The van der Waals surface area contributed by atoms with E-state index in [4.69, 9.17) is 10.5 Å². The topological polar surface area (TPSA) is 68.5 Å². The number of hydrogen-bond donors (Lipinski definition) is 1. The number of carbonyl (C=O) groups is 1. The first-order valence-corrected chi connectivity index (χ1v) is 8.50. The van der Waals surface area contributed by atoms with Crippen LogP contribution in [0.4, 0.5) is 0 Å². The van der Waals surface area contributed by atoms with Crippen LogP contribution in [0.1, 0.15) is 35.8 Å². The molecule has 0 bridgehead atoms. The Morgan fingerprint density at radius 1 is 1.32 bits per heavy atom. The Morgan fingerprint density at radius 3 is 2.60 bits per heavy atom. The van der Waals surface area contributed by atoms with Crippen molar-refractivity contribution in [2.75, 3.05) is 20.2 Å². The monoisotopic (exact) mass is 363 g/mol. The highest BCUT2D eigenvalue weighted by atomic mass is 35.5. The lowest BCUT2D eigenvalue weighted by Gasteiger charge is -2.34. The van der Waals surface area contributed by atoms with Gasteiger partial charge in [0, 0.05) is 30.6 Å². The Labute approximate surface area is 155 Å². The van der Waals surface area contributed by atoms with E-state index in [1.807, 2.05) is 43.0 Å². The van der Waals surface area contributed by atoms with Gasteiger partial charge in [-0.05, 0) is 50.8 Å². The van der Waals surface area contributed by atoms with E-state index >= 15 is 0 Å². The van der Waals surface area contributed by atoms with Crippen LogP contribution >= 0.6 is 12.4 Å². The third-order valence-corrected chi connectivity index (χ3v) is 5.02. The van der Waals surface area contributed by atoms with Crippen LogP contribution in [0.5, 0.6) is 5.75 Å². The summed E-state index contributed by atoms with van der Waals surface area (Å²) in [6.45, 7) is 5.48. The van der Waals surface area contributed by atoms with Crippen molar-refractivity contribution in [1.29, 1.82) is 0 Å². The first-order chi connectivity index (χ1) is 11.5. The molecule has 1 unspecified atom stereocenters. The number of fused-ring (bicyclic) bond motifs is 1. The molecule has 5 nitrogen and oxygen atoms in total. The van der Waals surface area contributed by atoms with Crippen molar-refractivity contribution in [3.05, 3.63) is 35.5 Å². The molecule has 1 aliphatic rings. The van der Waals surface area contributed by atoms with Gasteiger partial charge in [-0.15, -0.1) is 12.4 Å². The third-order valence-electron chi connectivity index (χ3n) is 5.02. The lowest BCUT2D eigenvalue weighted by atomic mass is 9.90. The van der Waals surface area contributed by atoms with E-state index < -0.39 is 0 Å². The number of hydrogen-bond acceptors (Lipinski definition) is 4. The SMILES string of the molecule is COc1ccc2cc(C(=O)N3CCC(C(C)N)CC3)c(C)nc2c1.Cl. The van der Waals surface area contributed by atoms with Crippen molar-refractivity contribution in [2.45, 2.75) is 32.7 Å². The van der Waals surface area contributed by atoms with Gasteiger partial charge in [-0.1, -0.05) is 0 Å². The number of carbonyl (C=O) groups excluding carboxylic acids is 1. The van der Waals surface area contributed by atoms with E-state index in [0.29, 0.717) is 11.5 Å². The molecule has 1 aromatic heterocycles. The van der Waals surface area contributed by atoms with E-state index in [9.17, 15) is 4.79 Å². The predicted molar refractivity (Wildman–Crippen MR) is 103 cm³/mol. The molecule has 2 N–H and O–H groups in total. The van der Waals surface area contributed by atoms with Crippen LogP contribution in [-0.2, 0) is 0 Å². The van der Waals surface area contributed by atoms with Gasteiger partial charge in [-0.3, -0.25) is 9.78 Å². The second kappa shape index (κ2) is 8.02. The van der Waals surface area contributed by atoms with E-state index in [0.717, 1.165) is 48.3 Å². The Hall–Kier alpha value is -1.85. The van der Waals surface area contributed by atoms with Crippen LogP contribution in [0, 0.1) is 12.8 Å². The molecule has 136 valence electrons. The Morgan fingerprint density at radius 2 is 2.00 bits per heavy atom. The fourth-order valence-corrected chi connectivity index (χ4v) is 3.39. The highest BCUT2D eigenvalue weighted by Gasteiger charge is 2.26. The molecule has 0 aliphatic carbocycles. The lowest BCUT2D eigenvalue weighted by molar-refractivity contribution is 0.0680. The Kier molecular flexibility index (Phi) is 6.25. The number of benzene rings is 1. The van der Waals surface area contributed by atoms with E-state index in [1.54, 1.807) is 7.11 Å². The number of nitrogens with two attached hydrogens (primary N) is 1. The molecule has 0 saturated carbocycles. The summed E-state index contributed by atoms with van der Waals surface area (Å²) in [5.74, 6) is 1.35. The molecule has 1 aliphatic heterocycles. The molecule has 2 aromatic rings. The summed E-state index contributed by atoms with van der Waals surface area (Å²) in [6, 6.07) is 7.87. The minimum Gasteiger partial charge on any atom is -0.497 e. The molecule has 25 heavy (non-hydrogen) atoms. The molecule has 1 aromatic carbocycles. The van der Waals surface area contributed by atoms with Gasteiger partial charge in [0.1, 0.15) is 5.75 Å². The van der Waals surface area contributed by atoms with Crippen molar-refractivity contribution in [3.8, 4) is 5.75 Å². The average molecular weight is 364 g/mol. The predicted octanol–water partition coefficient (Wildman–Crippen LogP) is 3.17. The maximum absolute atomic E-state index is 12.9. The minimum atomic E-state index is 0. The van der Waals surface area contributed by atoms with E-state index in [-0.39, 0.29) is 24.4 Å². The van der Waals surface area contributed by atoms with Crippen molar-refractivity contribution >= 4 is 29.2 Å². The Bertz CT molecular complexity index is 756. The number of aromatic nitrogens is 1. The summed E-state index contributed by atoms with van der Waals surface area (Å²) in [6.07, 6.45) is 1.95. The number of halogens is 1. The highest BCUT2D eigenvalue weighted by molar-refractivity contribution is 5.98. The van der Waals surface area contributed by atoms with E-state index in [2.05, 4.69) is 4.98 Å². The van der Waals surface area contributed by atoms with Gasteiger partial charge < -0.3 is 15.4 Å². The molecule has 1 fully saturated rings. The first kappa shape index (κ1) is 19.5. The molecule has 1 atom stereocenters. The Balaban J connectivity index is 0.00000225. The molecule has 6 heteroatoms. The van der Waals surface area contributed by atoms with Gasteiger partial charge >= 0.3 is 0 Å². The number of amides is 1. The summed E-state index contributed by atoms with van der Waals surface area (Å²) in [5.41, 5.74) is 8.28. The van der Waals surface area contributed by atoms with Gasteiger partial charge in [-0.25, -0.2) is 0 Å². The molecule has 2 heterocycles. The number of likely N-dealkylation sites (tertiary alicyclic amines) is 1. The molecule has 0 spiro atoms. The first-order valence-electron chi connectivity index (χ1n) is 8.50. The molecule has 0 radical (unpaired) electrons. The van der Waals surface area contributed by atoms with Gasteiger partial charge in [0.2, 0.25) is 0 Å². The molecule has 1 saturated heterocycles. The zero-order chi connectivity index (χ0) is 17.3. The van der Waals surface area contributed by atoms with Crippen LogP contribution in [0.3, 0.4) is 0 Å². The summed E-state index contributed by atoms with van der Waals surface area (Å²) in [7, 11) is 1.64. The number of methoxy groups -OCH3 is 1. The van der Waals surface area contributed by atoms with Crippen LogP contribution in [-0.4, -0.2) is 42.0 Å². The second-order valence-corrected chi connectivity index (χ2v) is 6.67. The fraction of sp³-hybridized carbons (Fsp3) is 0.474. The summed E-state index contributed by atoms with van der Waals surface area (Å²) in [4.78, 5) is 19.4. The van der Waals surface area contributed by atoms with Crippen LogP contribution in [0.25, 0.3) is 10.9 Å². The second-order valence-electron chi connectivity index (χ2n) is 6.67. The van der Waals surface area contributed by atoms with Crippen molar-refractivity contribution < 1.29 is 9.53 Å². The lowest BCUT2D eigenvalue weighted by Crippen LogP contribution is -2.42. The average Bonchev–Trinajstić information content (AvgIpc) is 2.60. The van der Waals surface area contributed by atoms with Crippen LogP contribution in [0.15, 0.2) is 24.3 Å². The largest absolute Gasteiger partial charge is 0.497 e. The van der Waals surface area contributed by atoms with Crippen molar-refractivity contribution in [2.24, 2.45) is 11.7 Å². The minimum absolute atomic E-state index is 0. The number of nitrogens with zero attached hydrogens (tertiary/aromatic N) is 2. The number of ether oxygens (including phenoxy) is 1. The molecular formula is C19H26ClN3O2. The third kappa shape index (κ3) is 4.05. The number of piperidine rings is 1. The van der Waals surface area contributed by atoms with Gasteiger partial charge in [0.15, 0.2) is 0 Å². The van der Waals surface area contributed by atoms with Crippen molar-refractivity contribution in [1.82, 2.24) is 9.88 Å².